The van der Waals surface area contributed by atoms with Crippen LogP contribution in [-0.4, -0.2) is 280 Å². The first-order chi connectivity index (χ1) is 46.8. The molecule has 2 aliphatic rings. The average Bonchev–Trinajstić information content (AvgIpc) is 0.693. The van der Waals surface area contributed by atoms with Gasteiger partial charge in [0, 0.05) is 47.2 Å². The molecule has 24 heteroatoms. The van der Waals surface area contributed by atoms with E-state index in [0.717, 1.165) is 32.3 Å². The second kappa shape index (κ2) is 41.6. The lowest BCUT2D eigenvalue weighted by molar-refractivity contribution is -0.110. The summed E-state index contributed by atoms with van der Waals surface area (Å²) in [7, 11) is 3.28. The first kappa shape index (κ1) is 79.3. The lowest BCUT2D eigenvalue weighted by Crippen LogP contribution is -2.48. The van der Waals surface area contributed by atoms with Gasteiger partial charge < -0.3 is 85.3 Å². The van der Waals surface area contributed by atoms with Crippen LogP contribution in [0.15, 0.2) is 48.5 Å². The molecule has 11 unspecified atom stereocenters. The van der Waals surface area contributed by atoms with Crippen molar-refractivity contribution in [2.45, 2.75) is 143 Å². The number of hydrogen-bond donors (Lipinski definition) is 0. The predicted molar refractivity (Wildman–Crippen MR) is 366 cm³/mol. The van der Waals surface area contributed by atoms with Crippen LogP contribution in [0.5, 0.6) is 0 Å². The molecule has 0 saturated heterocycles. The van der Waals surface area contributed by atoms with Gasteiger partial charge in [-0.25, -0.2) is 0 Å². The van der Waals surface area contributed by atoms with Crippen molar-refractivity contribution in [3.8, 4) is 0 Å². The fraction of sp³-hybridized carbons (Fsp3) is 0.671. The van der Waals surface area contributed by atoms with Crippen LogP contribution in [-0.2, 0) is 85.3 Å². The molecule has 0 fully saturated rings. The standard InChI is InChI=1S/C73H108N2O22/c1-47(36-89-49(3)38-88-35-34-86-33-32-85-31-30-84-29-28-83-27-26-82-24-22-80-12)74-70(76)62-18-14-58-60-16-20-64-69-65(21-17-61(67(60)69)59-15-19-63(71(74)77)68(62)66(58)59)73(79)75(72(64)78)48(2)37-90-51(5)40-92-53(7)42-94-55(9)44-96-57(11)46-97-56(10)45-95-54(8)43-93-52(6)41-91-50(4)39-87-25-23-81-13/h14-21,47-57H,22-46H2,1-13H3. The van der Waals surface area contributed by atoms with Gasteiger partial charge in [0.15, 0.2) is 0 Å². The molecule has 542 valence electrons. The molecular formula is C73H108N2O22. The molecule has 2 aliphatic heterocycles. The van der Waals surface area contributed by atoms with E-state index in [4.69, 9.17) is 85.3 Å². The van der Waals surface area contributed by atoms with E-state index in [0.29, 0.717) is 178 Å². The molecule has 2 heterocycles. The molecule has 0 bridgehead atoms. The third kappa shape index (κ3) is 23.5. The number of hydrogen-bond acceptors (Lipinski definition) is 22. The van der Waals surface area contributed by atoms with Gasteiger partial charge in [0.25, 0.3) is 23.6 Å². The third-order valence-electron chi connectivity index (χ3n) is 16.6. The van der Waals surface area contributed by atoms with E-state index in [1.807, 2.05) is 86.6 Å². The second-order valence-corrected chi connectivity index (χ2v) is 25.3. The van der Waals surface area contributed by atoms with Gasteiger partial charge in [0.2, 0.25) is 0 Å². The summed E-state index contributed by atoms with van der Waals surface area (Å²) in [6, 6.07) is 13.5. The third-order valence-corrected chi connectivity index (χ3v) is 16.6. The normalized spacial score (nSPS) is 17.0. The van der Waals surface area contributed by atoms with Gasteiger partial charge >= 0.3 is 0 Å². The Hall–Kier alpha value is -5.04. The SMILES string of the molecule is COCCOCCOCCOCCOCCOCCOCC(C)OCC(C)N1C(=O)c2ccc3c4ccc5c6c(ccc(c7ccc(c2c37)C1=O)c64)C(=O)N(C(C)COC(C)COC(C)COC(C)COC(C)COC(C)COC(C)COC(C)COC(C)COCCOC)C5=O. The highest BCUT2D eigenvalue weighted by Gasteiger charge is 2.40. The van der Waals surface area contributed by atoms with E-state index in [9.17, 15) is 19.2 Å². The van der Waals surface area contributed by atoms with Crippen molar-refractivity contribution < 1.29 is 104 Å². The Bertz CT molecular complexity index is 3070. The fourth-order valence-corrected chi connectivity index (χ4v) is 11.3. The lowest BCUT2D eigenvalue weighted by atomic mass is 9.82. The number of ether oxygens (including phenoxy) is 18. The van der Waals surface area contributed by atoms with Gasteiger partial charge in [-0.1, -0.05) is 24.3 Å². The van der Waals surface area contributed by atoms with Crippen molar-refractivity contribution in [1.82, 2.24) is 9.80 Å². The zero-order valence-electron chi connectivity index (χ0n) is 59.5. The molecule has 0 saturated carbocycles. The Morgan fingerprint density at radius 2 is 0.443 bits per heavy atom. The number of benzene rings is 5. The number of methoxy groups -OCH3 is 2. The monoisotopic (exact) mass is 1360 g/mol. The quantitative estimate of drug-likeness (QED) is 0.0153. The van der Waals surface area contributed by atoms with Crippen LogP contribution >= 0.6 is 0 Å². The zero-order chi connectivity index (χ0) is 69.8. The molecule has 0 spiro atoms. The van der Waals surface area contributed by atoms with Crippen molar-refractivity contribution in [3.05, 3.63) is 70.8 Å². The number of nitrogens with zero attached hydrogens (tertiary/aromatic N) is 2. The van der Waals surface area contributed by atoms with Crippen LogP contribution in [0.4, 0.5) is 0 Å². The molecule has 24 nitrogen and oxygen atoms in total. The zero-order valence-corrected chi connectivity index (χ0v) is 59.5. The fourth-order valence-electron chi connectivity index (χ4n) is 11.3. The minimum atomic E-state index is -0.601. The minimum Gasteiger partial charge on any atom is -0.382 e. The first-order valence-corrected chi connectivity index (χ1v) is 34.4. The first-order valence-electron chi connectivity index (χ1n) is 34.4. The number of rotatable bonds is 54. The maximum absolute atomic E-state index is 14.5. The Morgan fingerprint density at radius 1 is 0.247 bits per heavy atom. The molecule has 0 radical (unpaired) electrons. The molecule has 7 rings (SSSR count). The van der Waals surface area contributed by atoms with Crippen LogP contribution in [0.3, 0.4) is 0 Å². The largest absolute Gasteiger partial charge is 0.382 e. The van der Waals surface area contributed by atoms with Crippen LogP contribution in [0.1, 0.15) is 118 Å². The lowest BCUT2D eigenvalue weighted by Gasteiger charge is -2.34. The molecule has 4 amide bonds. The van der Waals surface area contributed by atoms with Crippen molar-refractivity contribution >= 4 is 66.7 Å². The topological polar surface area (TPSA) is 241 Å². The van der Waals surface area contributed by atoms with E-state index in [-0.39, 0.29) is 74.8 Å². The van der Waals surface area contributed by atoms with E-state index < -0.39 is 35.7 Å². The van der Waals surface area contributed by atoms with Crippen LogP contribution in [0, 0.1) is 0 Å². The maximum atomic E-state index is 14.5. The van der Waals surface area contributed by atoms with Gasteiger partial charge in [-0.05, 0) is 133 Å². The Kier molecular flexibility index (Phi) is 34.0. The van der Waals surface area contributed by atoms with E-state index in [2.05, 4.69) is 0 Å². The van der Waals surface area contributed by atoms with Crippen LogP contribution in [0.25, 0.3) is 43.1 Å². The molecule has 5 aromatic carbocycles. The highest BCUT2D eigenvalue weighted by atomic mass is 16.6. The van der Waals surface area contributed by atoms with Gasteiger partial charge in [-0.2, -0.15) is 0 Å². The Balaban J connectivity index is 0.794. The summed E-state index contributed by atoms with van der Waals surface area (Å²) in [4.78, 5) is 60.4. The average molecular weight is 1370 g/mol. The smallest absolute Gasteiger partial charge is 0.261 e. The molecular weight excluding hydrogens is 1260 g/mol. The second-order valence-electron chi connectivity index (χ2n) is 25.3. The predicted octanol–water partition coefficient (Wildman–Crippen LogP) is 8.76. The van der Waals surface area contributed by atoms with Gasteiger partial charge in [0.05, 0.1) is 232 Å². The molecule has 97 heavy (non-hydrogen) atoms. The molecule has 0 aliphatic carbocycles. The van der Waals surface area contributed by atoms with Crippen LogP contribution < -0.4 is 0 Å². The van der Waals surface area contributed by atoms with E-state index in [1.54, 1.807) is 52.3 Å². The molecule has 0 N–H and O–H groups in total. The van der Waals surface area contributed by atoms with E-state index >= 15 is 0 Å². The Morgan fingerprint density at radius 3 is 0.680 bits per heavy atom. The number of amides is 4. The van der Waals surface area contributed by atoms with Crippen LogP contribution in [0.2, 0.25) is 0 Å². The summed E-state index contributed by atoms with van der Waals surface area (Å²) in [6.45, 7) is 31.5. The highest BCUT2D eigenvalue weighted by molar-refractivity contribution is 6.41. The summed E-state index contributed by atoms with van der Waals surface area (Å²) in [5, 5.41) is 5.91. The Labute approximate surface area is 572 Å². The molecule has 5 aromatic rings. The van der Waals surface area contributed by atoms with Gasteiger partial charge in [0.1, 0.15) is 0 Å². The summed E-state index contributed by atoms with van der Waals surface area (Å²) in [5.74, 6) is -1.65. The summed E-state index contributed by atoms with van der Waals surface area (Å²) >= 11 is 0. The number of imide groups is 2. The highest BCUT2D eigenvalue weighted by Crippen LogP contribution is 2.46. The van der Waals surface area contributed by atoms with Crippen molar-refractivity contribution in [1.29, 1.82) is 0 Å². The molecule has 11 atom stereocenters. The summed E-state index contributed by atoms with van der Waals surface area (Å²) in [6.07, 6.45) is -1.64. The molecule has 0 aromatic heterocycles. The number of carbonyl (C=O) groups is 4. The number of carbonyl (C=O) groups excluding carboxylic acids is 4. The van der Waals surface area contributed by atoms with Gasteiger partial charge in [-0.3, -0.25) is 29.0 Å². The van der Waals surface area contributed by atoms with E-state index in [1.165, 1.54) is 9.80 Å². The van der Waals surface area contributed by atoms with Crippen molar-refractivity contribution in [2.24, 2.45) is 0 Å². The summed E-state index contributed by atoms with van der Waals surface area (Å²) in [5.41, 5.74) is 1.63. The maximum Gasteiger partial charge on any atom is 0.261 e. The van der Waals surface area contributed by atoms with Crippen molar-refractivity contribution in [2.75, 3.05) is 179 Å². The number of fused-ring (bicyclic) bond motifs is 2. The van der Waals surface area contributed by atoms with Crippen molar-refractivity contribution in [3.63, 3.8) is 0 Å². The van der Waals surface area contributed by atoms with Gasteiger partial charge in [-0.15, -0.1) is 0 Å². The minimum absolute atomic E-state index is 0.0396. The summed E-state index contributed by atoms with van der Waals surface area (Å²) < 4.78 is 103.